The van der Waals surface area contributed by atoms with E-state index >= 15 is 0 Å². The number of nitrogens with zero attached hydrogens (tertiary/aromatic N) is 2. The van der Waals surface area contributed by atoms with Crippen molar-refractivity contribution in [1.82, 2.24) is 9.97 Å². The minimum Gasteiger partial charge on any atom is -0.200 e. The van der Waals surface area contributed by atoms with Crippen LogP contribution in [0.4, 0.5) is 8.78 Å². The minimum atomic E-state index is -1.13. The second-order valence-electron chi connectivity index (χ2n) is 1.51. The summed E-state index contributed by atoms with van der Waals surface area (Å²) in [6.45, 7) is 0. The Kier molecular flexibility index (Phi) is 2.11. The van der Waals surface area contributed by atoms with Gasteiger partial charge in [0.2, 0.25) is 5.95 Å². The first kappa shape index (κ1) is 7.34. The van der Waals surface area contributed by atoms with E-state index < -0.39 is 12.0 Å². The Morgan fingerprint density at radius 3 is 2.70 bits per heavy atom. The molecule has 0 fully saturated rings. The van der Waals surface area contributed by atoms with Gasteiger partial charge in [0.05, 0.1) is 11.4 Å². The summed E-state index contributed by atoms with van der Waals surface area (Å²) in [6.07, 6.45) is 0.927. The van der Waals surface area contributed by atoms with Gasteiger partial charge in [-0.05, 0) is 0 Å². The number of aromatic nitrogens is 2. The maximum Gasteiger partial charge on any atom is 0.311 e. The van der Waals surface area contributed by atoms with Crippen LogP contribution in [0.5, 0.6) is 0 Å². The summed E-state index contributed by atoms with van der Waals surface area (Å²) in [5.41, 5.74) is -0.0249. The molecule has 0 spiro atoms. The molecule has 10 heavy (non-hydrogen) atoms. The lowest BCUT2D eigenvalue weighted by Gasteiger charge is -1.92. The molecular weight excluding hydrogens is 162 g/mol. The molecule has 5 heteroatoms. The fraction of sp³-hybridized carbons (Fsp3) is 0.200. The molecule has 0 aromatic carbocycles. The van der Waals surface area contributed by atoms with Gasteiger partial charge in [-0.2, -0.15) is 18.7 Å². The van der Waals surface area contributed by atoms with Crippen molar-refractivity contribution < 1.29 is 8.78 Å². The SMILES string of the molecule is Fc1n[c]c(CCl)c(F)n1. The Balaban J connectivity index is 3.07. The van der Waals surface area contributed by atoms with Gasteiger partial charge in [0.1, 0.15) is 6.20 Å². The van der Waals surface area contributed by atoms with Crippen molar-refractivity contribution in [2.75, 3.05) is 0 Å². The van der Waals surface area contributed by atoms with Crippen molar-refractivity contribution in [3.05, 3.63) is 23.8 Å². The Morgan fingerprint density at radius 2 is 2.20 bits per heavy atom. The standard InChI is InChI=1S/C5H2ClF2N2/c6-1-3-2-9-5(8)10-4(3)7/h1H2. The van der Waals surface area contributed by atoms with Gasteiger partial charge in [0.25, 0.3) is 0 Å². The highest BCUT2D eigenvalue weighted by atomic mass is 35.5. The molecule has 0 bridgehead atoms. The first-order valence-corrected chi connectivity index (χ1v) is 2.93. The summed E-state index contributed by atoms with van der Waals surface area (Å²) >= 11 is 5.21. The molecule has 0 saturated carbocycles. The number of hydrogen-bond acceptors (Lipinski definition) is 2. The predicted molar refractivity (Wildman–Crippen MR) is 30.3 cm³/mol. The molecule has 1 heterocycles. The van der Waals surface area contributed by atoms with E-state index in [1.54, 1.807) is 0 Å². The van der Waals surface area contributed by atoms with Gasteiger partial charge in [0, 0.05) is 0 Å². The molecule has 0 aliphatic rings. The minimum absolute atomic E-state index is 0.0249. The topological polar surface area (TPSA) is 25.8 Å². The third kappa shape index (κ3) is 1.39. The largest absolute Gasteiger partial charge is 0.311 e. The number of hydrogen-bond donors (Lipinski definition) is 0. The van der Waals surface area contributed by atoms with Crippen molar-refractivity contribution in [2.24, 2.45) is 0 Å². The van der Waals surface area contributed by atoms with Gasteiger partial charge in [-0.3, -0.25) is 0 Å². The average Bonchev–Trinajstić information content (AvgIpc) is 1.88. The van der Waals surface area contributed by atoms with E-state index in [0.717, 1.165) is 0 Å². The highest BCUT2D eigenvalue weighted by molar-refractivity contribution is 6.17. The number of alkyl halides is 1. The summed E-state index contributed by atoms with van der Waals surface area (Å²) < 4.78 is 24.3. The average molecular weight is 164 g/mol. The van der Waals surface area contributed by atoms with E-state index in [1.165, 1.54) is 0 Å². The summed E-state index contributed by atoms with van der Waals surface area (Å²) in [6, 6.07) is 0. The monoisotopic (exact) mass is 163 g/mol. The van der Waals surface area contributed by atoms with E-state index in [9.17, 15) is 8.78 Å². The van der Waals surface area contributed by atoms with E-state index in [1.807, 2.05) is 0 Å². The first-order chi connectivity index (χ1) is 4.74. The van der Waals surface area contributed by atoms with Crippen LogP contribution in [0.1, 0.15) is 5.56 Å². The van der Waals surface area contributed by atoms with Crippen LogP contribution in [-0.4, -0.2) is 9.97 Å². The zero-order valence-corrected chi connectivity index (χ0v) is 5.49. The second-order valence-corrected chi connectivity index (χ2v) is 1.77. The number of rotatable bonds is 1. The fourth-order valence-corrected chi connectivity index (χ4v) is 0.588. The Labute approximate surface area is 60.9 Å². The third-order valence-electron chi connectivity index (χ3n) is 0.856. The molecule has 0 unspecified atom stereocenters. The number of halogens is 3. The van der Waals surface area contributed by atoms with Gasteiger partial charge in [-0.25, -0.2) is 0 Å². The van der Waals surface area contributed by atoms with Crippen LogP contribution in [0.3, 0.4) is 0 Å². The van der Waals surface area contributed by atoms with Crippen molar-refractivity contribution in [3.63, 3.8) is 0 Å². The van der Waals surface area contributed by atoms with Gasteiger partial charge in [0.15, 0.2) is 0 Å². The Morgan fingerprint density at radius 1 is 1.50 bits per heavy atom. The van der Waals surface area contributed by atoms with Crippen LogP contribution >= 0.6 is 11.6 Å². The molecule has 2 nitrogen and oxygen atoms in total. The maximum atomic E-state index is 12.3. The van der Waals surface area contributed by atoms with Gasteiger partial charge < -0.3 is 0 Å². The summed E-state index contributed by atoms with van der Waals surface area (Å²) in [5.74, 6) is -1.06. The van der Waals surface area contributed by atoms with Crippen molar-refractivity contribution >= 4 is 11.6 Å². The highest BCUT2D eigenvalue weighted by Gasteiger charge is 2.04. The molecule has 1 rings (SSSR count). The zero-order chi connectivity index (χ0) is 7.56. The summed E-state index contributed by atoms with van der Waals surface area (Å²) in [5, 5.41) is 0. The van der Waals surface area contributed by atoms with E-state index in [0.29, 0.717) is 0 Å². The third-order valence-corrected chi connectivity index (χ3v) is 1.12. The lowest BCUT2D eigenvalue weighted by molar-refractivity contribution is 0.475. The smallest absolute Gasteiger partial charge is 0.200 e. The molecule has 0 aliphatic carbocycles. The molecule has 0 atom stereocenters. The van der Waals surface area contributed by atoms with Crippen LogP contribution in [0.15, 0.2) is 0 Å². The highest BCUT2D eigenvalue weighted by Crippen LogP contribution is 2.04. The predicted octanol–water partition coefficient (Wildman–Crippen LogP) is 1.29. The molecule has 0 N–H and O–H groups in total. The van der Waals surface area contributed by atoms with Crippen LogP contribution in [0.25, 0.3) is 0 Å². The molecule has 1 radical (unpaired) electrons. The molecule has 1 aromatic rings. The molecule has 0 amide bonds. The first-order valence-electron chi connectivity index (χ1n) is 2.39. The van der Waals surface area contributed by atoms with Crippen molar-refractivity contribution in [1.29, 1.82) is 0 Å². The van der Waals surface area contributed by atoms with Crippen LogP contribution in [-0.2, 0) is 5.88 Å². The Bertz CT molecular complexity index is 241. The molecule has 0 aliphatic heterocycles. The van der Waals surface area contributed by atoms with Gasteiger partial charge in [-0.1, -0.05) is 0 Å². The summed E-state index contributed by atoms with van der Waals surface area (Å²) in [7, 11) is 0. The summed E-state index contributed by atoms with van der Waals surface area (Å²) in [4.78, 5) is 5.77. The van der Waals surface area contributed by atoms with Crippen LogP contribution in [0, 0.1) is 18.2 Å². The molecule has 53 valence electrons. The van der Waals surface area contributed by atoms with Crippen molar-refractivity contribution in [3.8, 4) is 0 Å². The van der Waals surface area contributed by atoms with E-state index in [4.69, 9.17) is 11.6 Å². The fourth-order valence-electron chi connectivity index (χ4n) is 0.418. The Hall–Kier alpha value is -0.770. The lowest BCUT2D eigenvalue weighted by atomic mass is 10.4. The van der Waals surface area contributed by atoms with E-state index in [2.05, 4.69) is 16.2 Å². The zero-order valence-electron chi connectivity index (χ0n) is 4.74. The van der Waals surface area contributed by atoms with Crippen molar-refractivity contribution in [2.45, 2.75) is 5.88 Å². The maximum absolute atomic E-state index is 12.3. The molecular formula is C5H2ClF2N2. The van der Waals surface area contributed by atoms with E-state index in [-0.39, 0.29) is 11.4 Å². The normalized spacial score (nSPS) is 9.90. The molecule has 1 aromatic heterocycles. The lowest BCUT2D eigenvalue weighted by Crippen LogP contribution is -1.97. The quantitative estimate of drug-likeness (QED) is 0.354. The second kappa shape index (κ2) is 2.88. The van der Waals surface area contributed by atoms with Gasteiger partial charge >= 0.3 is 6.08 Å². The molecule has 0 saturated heterocycles. The van der Waals surface area contributed by atoms with Gasteiger partial charge in [-0.15, -0.1) is 11.6 Å². The van der Waals surface area contributed by atoms with Crippen LogP contribution in [0.2, 0.25) is 0 Å². The van der Waals surface area contributed by atoms with Crippen LogP contribution < -0.4 is 0 Å².